The predicted octanol–water partition coefficient (Wildman–Crippen LogP) is 4.96. The van der Waals surface area contributed by atoms with Gasteiger partial charge in [-0.15, -0.1) is 20.4 Å². The quantitative estimate of drug-likeness (QED) is 0.408. The largest absolute Gasteiger partial charge is 0.496 e. The van der Waals surface area contributed by atoms with E-state index in [0.717, 1.165) is 39.2 Å². The van der Waals surface area contributed by atoms with Crippen LogP contribution in [-0.4, -0.2) is 32.3 Å². The topological polar surface area (TPSA) is 78.9 Å². The fourth-order valence-corrected chi connectivity index (χ4v) is 3.27. The Kier molecular flexibility index (Phi) is 4.76. The summed E-state index contributed by atoms with van der Waals surface area (Å²) in [4.78, 5) is 1.63. The predicted molar refractivity (Wildman–Crippen MR) is 119 cm³/mol. The van der Waals surface area contributed by atoms with Gasteiger partial charge in [0, 0.05) is 17.7 Å². The van der Waals surface area contributed by atoms with E-state index in [0.29, 0.717) is 11.8 Å². The minimum atomic E-state index is 0.451. The summed E-state index contributed by atoms with van der Waals surface area (Å²) in [6.45, 7) is 1.99. The first-order valence-corrected chi connectivity index (χ1v) is 9.79. The Morgan fingerprint density at radius 3 is 2.35 bits per heavy atom. The van der Waals surface area contributed by atoms with E-state index < -0.39 is 0 Å². The minimum Gasteiger partial charge on any atom is -0.496 e. The van der Waals surface area contributed by atoms with Gasteiger partial charge in [0.25, 0.3) is 0 Å². The molecular weight excluding hydrogens is 390 g/mol. The molecule has 7 nitrogen and oxygen atoms in total. The Labute approximate surface area is 178 Å². The van der Waals surface area contributed by atoms with Crippen molar-refractivity contribution in [2.24, 2.45) is 0 Å². The Morgan fingerprint density at radius 1 is 0.871 bits per heavy atom. The summed E-state index contributed by atoms with van der Waals surface area (Å²) in [5.41, 5.74) is 5.40. The van der Waals surface area contributed by atoms with E-state index in [2.05, 4.69) is 20.4 Å². The molecular formula is C24H19N5O2. The van der Waals surface area contributed by atoms with Gasteiger partial charge in [0.2, 0.25) is 11.8 Å². The molecule has 0 atom stereocenters. The van der Waals surface area contributed by atoms with Gasteiger partial charge in [0.05, 0.1) is 12.8 Å². The average Bonchev–Trinajstić information content (AvgIpc) is 3.45. The summed E-state index contributed by atoms with van der Waals surface area (Å²) < 4.78 is 11.1. The van der Waals surface area contributed by atoms with Gasteiger partial charge in [-0.2, -0.15) is 4.80 Å². The van der Waals surface area contributed by atoms with Crippen molar-refractivity contribution in [1.29, 1.82) is 0 Å². The molecule has 0 saturated heterocycles. The SMILES string of the molecule is COc1cc2nn(-c3ccc(/C=C/c4nnc(-c5ccccc5)o4)cc3)nc2cc1C. The van der Waals surface area contributed by atoms with Crippen molar-refractivity contribution in [3.05, 3.63) is 83.7 Å². The summed E-state index contributed by atoms with van der Waals surface area (Å²) in [6.07, 6.45) is 3.72. The second-order valence-corrected chi connectivity index (χ2v) is 7.04. The summed E-state index contributed by atoms with van der Waals surface area (Å²) in [5, 5.41) is 17.3. The molecule has 3 aromatic carbocycles. The second kappa shape index (κ2) is 7.87. The second-order valence-electron chi connectivity index (χ2n) is 7.04. The number of benzene rings is 3. The molecule has 0 aliphatic carbocycles. The number of hydrogen-bond donors (Lipinski definition) is 0. The summed E-state index contributed by atoms with van der Waals surface area (Å²) >= 11 is 0. The lowest BCUT2D eigenvalue weighted by atomic mass is 10.2. The molecule has 0 aliphatic rings. The normalized spacial score (nSPS) is 11.4. The fraction of sp³-hybridized carbons (Fsp3) is 0.0833. The van der Waals surface area contributed by atoms with Crippen LogP contribution in [0.1, 0.15) is 17.0 Å². The van der Waals surface area contributed by atoms with Crippen molar-refractivity contribution < 1.29 is 9.15 Å². The van der Waals surface area contributed by atoms with Crippen molar-refractivity contribution >= 4 is 23.2 Å². The van der Waals surface area contributed by atoms with Gasteiger partial charge in [0.15, 0.2) is 0 Å². The molecule has 0 radical (unpaired) electrons. The number of ether oxygens (including phenoxy) is 1. The number of rotatable bonds is 5. The van der Waals surface area contributed by atoms with Gasteiger partial charge < -0.3 is 9.15 Å². The maximum absolute atomic E-state index is 5.70. The van der Waals surface area contributed by atoms with Crippen LogP contribution in [0.25, 0.3) is 40.3 Å². The van der Waals surface area contributed by atoms with E-state index in [1.165, 1.54) is 0 Å². The van der Waals surface area contributed by atoms with Crippen LogP contribution in [-0.2, 0) is 0 Å². The lowest BCUT2D eigenvalue weighted by Gasteiger charge is -2.01. The van der Waals surface area contributed by atoms with Crippen LogP contribution >= 0.6 is 0 Å². The van der Waals surface area contributed by atoms with Gasteiger partial charge in [0.1, 0.15) is 16.8 Å². The summed E-state index contributed by atoms with van der Waals surface area (Å²) in [6, 6.07) is 21.5. The average molecular weight is 409 g/mol. The van der Waals surface area contributed by atoms with Gasteiger partial charge in [-0.1, -0.05) is 30.3 Å². The van der Waals surface area contributed by atoms with Crippen LogP contribution < -0.4 is 4.74 Å². The van der Waals surface area contributed by atoms with Crippen LogP contribution in [0.2, 0.25) is 0 Å². The lowest BCUT2D eigenvalue weighted by molar-refractivity contribution is 0.412. The molecule has 152 valence electrons. The number of methoxy groups -OCH3 is 1. The highest BCUT2D eigenvalue weighted by atomic mass is 16.5. The Balaban J connectivity index is 1.34. The van der Waals surface area contributed by atoms with Gasteiger partial charge in [-0.05, 0) is 54.5 Å². The molecule has 0 saturated carbocycles. The van der Waals surface area contributed by atoms with Crippen molar-refractivity contribution in [2.75, 3.05) is 7.11 Å². The molecule has 0 spiro atoms. The molecule has 0 fully saturated rings. The molecule has 31 heavy (non-hydrogen) atoms. The van der Waals surface area contributed by atoms with Crippen molar-refractivity contribution in [2.45, 2.75) is 6.92 Å². The van der Waals surface area contributed by atoms with E-state index in [1.807, 2.05) is 79.7 Å². The molecule has 5 aromatic rings. The number of hydrogen-bond acceptors (Lipinski definition) is 6. The number of nitrogens with zero attached hydrogens (tertiary/aromatic N) is 5. The zero-order valence-corrected chi connectivity index (χ0v) is 17.1. The fourth-order valence-electron chi connectivity index (χ4n) is 3.27. The number of fused-ring (bicyclic) bond motifs is 1. The summed E-state index contributed by atoms with van der Waals surface area (Å²) in [5.74, 6) is 1.75. The zero-order chi connectivity index (χ0) is 21.2. The van der Waals surface area contributed by atoms with Crippen molar-refractivity contribution in [3.63, 3.8) is 0 Å². The molecule has 5 rings (SSSR count). The summed E-state index contributed by atoms with van der Waals surface area (Å²) in [7, 11) is 1.65. The Morgan fingerprint density at radius 2 is 1.61 bits per heavy atom. The first kappa shape index (κ1) is 18.7. The maximum Gasteiger partial charge on any atom is 0.248 e. The van der Waals surface area contributed by atoms with Crippen LogP contribution in [0, 0.1) is 6.92 Å². The first-order valence-electron chi connectivity index (χ1n) is 9.79. The molecule has 0 bridgehead atoms. The smallest absolute Gasteiger partial charge is 0.248 e. The monoisotopic (exact) mass is 409 g/mol. The maximum atomic E-state index is 5.70. The van der Waals surface area contributed by atoms with Crippen molar-refractivity contribution in [1.82, 2.24) is 25.2 Å². The van der Waals surface area contributed by atoms with Gasteiger partial charge in [-0.3, -0.25) is 0 Å². The van der Waals surface area contributed by atoms with Crippen LogP contribution in [0.3, 0.4) is 0 Å². The highest BCUT2D eigenvalue weighted by Crippen LogP contribution is 2.24. The minimum absolute atomic E-state index is 0.451. The molecule has 0 unspecified atom stereocenters. The van der Waals surface area contributed by atoms with E-state index >= 15 is 0 Å². The third-order valence-electron chi connectivity index (χ3n) is 4.90. The van der Waals surface area contributed by atoms with E-state index in [4.69, 9.17) is 9.15 Å². The Hall–Kier alpha value is -4.26. The van der Waals surface area contributed by atoms with E-state index in [9.17, 15) is 0 Å². The van der Waals surface area contributed by atoms with Gasteiger partial charge >= 0.3 is 0 Å². The number of aryl methyl sites for hydroxylation is 1. The molecule has 7 heteroatoms. The molecule has 2 heterocycles. The highest BCUT2D eigenvalue weighted by Gasteiger charge is 2.09. The number of aromatic nitrogens is 5. The lowest BCUT2D eigenvalue weighted by Crippen LogP contribution is -1.97. The van der Waals surface area contributed by atoms with Gasteiger partial charge in [-0.25, -0.2) is 0 Å². The molecule has 0 amide bonds. The van der Waals surface area contributed by atoms with Crippen LogP contribution in [0.4, 0.5) is 0 Å². The van der Waals surface area contributed by atoms with Crippen LogP contribution in [0.15, 0.2) is 71.1 Å². The molecule has 0 aliphatic heterocycles. The van der Waals surface area contributed by atoms with E-state index in [-0.39, 0.29) is 0 Å². The van der Waals surface area contributed by atoms with Crippen LogP contribution in [0.5, 0.6) is 5.75 Å². The van der Waals surface area contributed by atoms with E-state index in [1.54, 1.807) is 18.0 Å². The third kappa shape index (κ3) is 3.81. The zero-order valence-electron chi connectivity index (χ0n) is 17.1. The molecule has 2 aromatic heterocycles. The third-order valence-corrected chi connectivity index (χ3v) is 4.90. The standard InChI is InChI=1S/C24H19N5O2/c1-16-14-20-21(15-22(16)30-2)28-29(27-20)19-11-8-17(9-12-19)10-13-23-25-26-24(31-23)18-6-4-3-5-7-18/h3-15H,1-2H3/b13-10+. The molecule has 0 N–H and O–H groups in total. The first-order chi connectivity index (χ1) is 15.2. The highest BCUT2D eigenvalue weighted by molar-refractivity contribution is 5.77. The Bertz CT molecular complexity index is 1370. The van der Waals surface area contributed by atoms with Crippen molar-refractivity contribution in [3.8, 4) is 22.9 Å².